The molecule has 0 fully saturated rings. The number of para-hydroxylation sites is 1. The molecule has 0 amide bonds. The van der Waals surface area contributed by atoms with Gasteiger partial charge in [-0.3, -0.25) is 4.90 Å². The number of hydrogen-bond donors (Lipinski definition) is 3. The van der Waals surface area contributed by atoms with Crippen LogP contribution in [0.3, 0.4) is 0 Å². The molecule has 0 atom stereocenters. The third-order valence-corrected chi connectivity index (χ3v) is 6.95. The number of nitrogens with zero attached hydrogens (tertiary/aromatic N) is 4. The summed E-state index contributed by atoms with van der Waals surface area (Å²) in [5, 5.41) is 21.6. The van der Waals surface area contributed by atoms with Gasteiger partial charge in [-0.15, -0.1) is 0 Å². The van der Waals surface area contributed by atoms with E-state index in [1.54, 1.807) is 37.3 Å². The normalized spacial score (nSPS) is 13.4. The van der Waals surface area contributed by atoms with Crippen molar-refractivity contribution >= 4 is 17.8 Å². The summed E-state index contributed by atoms with van der Waals surface area (Å²) >= 11 is 0. The van der Waals surface area contributed by atoms with E-state index in [4.69, 9.17) is 14.6 Å². The Kier molecular flexibility index (Phi) is 18.7. The number of amidine groups is 1. The van der Waals surface area contributed by atoms with Gasteiger partial charge in [0.25, 0.3) is 0 Å². The molecule has 0 unspecified atom stereocenters. The minimum absolute atomic E-state index is 0.206. The van der Waals surface area contributed by atoms with Crippen LogP contribution in [-0.2, 0) is 16.1 Å². The molecule has 11 nitrogen and oxygen atoms in total. The summed E-state index contributed by atoms with van der Waals surface area (Å²) < 4.78 is 11.0. The van der Waals surface area contributed by atoms with Crippen molar-refractivity contribution in [2.24, 2.45) is 10.9 Å². The average Bonchev–Trinajstić information content (AvgIpc) is 3.34. The zero-order valence-corrected chi connectivity index (χ0v) is 29.8. The molecule has 0 spiro atoms. The molecule has 0 saturated heterocycles. The summed E-state index contributed by atoms with van der Waals surface area (Å²) in [7, 11) is 5.48. The number of likely N-dealkylation sites (N-methyl/N-ethyl adjacent to an activating group) is 3. The van der Waals surface area contributed by atoms with Crippen molar-refractivity contribution in [2.75, 3.05) is 54.1 Å². The first-order chi connectivity index (χ1) is 22.4. The number of carbonyl (C=O) groups is 2. The zero-order valence-electron chi connectivity index (χ0n) is 29.8. The molecule has 1 heterocycles. The number of aliphatic imine (C=N–C) groups is 1. The topological polar surface area (TPSA) is 127 Å². The van der Waals surface area contributed by atoms with Gasteiger partial charge in [-0.2, -0.15) is 0 Å². The summed E-state index contributed by atoms with van der Waals surface area (Å²) in [5.41, 5.74) is 3.46. The summed E-state index contributed by atoms with van der Waals surface area (Å²) in [5.74, 6) is 0.458. The first-order valence-corrected chi connectivity index (χ1v) is 16.0. The van der Waals surface area contributed by atoms with Gasteiger partial charge in [0.05, 0.1) is 18.8 Å². The van der Waals surface area contributed by atoms with Crippen LogP contribution in [0.25, 0.3) is 0 Å². The number of benzene rings is 2. The van der Waals surface area contributed by atoms with Crippen LogP contribution >= 0.6 is 0 Å². The van der Waals surface area contributed by atoms with Crippen LogP contribution in [0.1, 0.15) is 64.4 Å². The van der Waals surface area contributed by atoms with Crippen molar-refractivity contribution in [1.29, 1.82) is 0 Å². The molecule has 11 heteroatoms. The maximum absolute atomic E-state index is 11.4. The fourth-order valence-electron chi connectivity index (χ4n) is 4.60. The number of ether oxygens (including phenoxy) is 2. The second kappa shape index (κ2) is 21.6. The Morgan fingerprint density at radius 1 is 1.11 bits per heavy atom. The largest absolute Gasteiger partial charge is 0.478 e. The molecular formula is C36H55N5O6. The van der Waals surface area contributed by atoms with Gasteiger partial charge in [0, 0.05) is 57.2 Å². The maximum atomic E-state index is 11.4. The van der Waals surface area contributed by atoms with Crippen molar-refractivity contribution in [3.05, 3.63) is 82.8 Å². The van der Waals surface area contributed by atoms with Crippen molar-refractivity contribution in [3.63, 3.8) is 0 Å². The molecule has 0 bridgehead atoms. The van der Waals surface area contributed by atoms with Crippen molar-refractivity contribution in [3.8, 4) is 11.5 Å². The van der Waals surface area contributed by atoms with Crippen LogP contribution in [0, 0.1) is 5.92 Å². The van der Waals surface area contributed by atoms with E-state index in [2.05, 4.69) is 36.0 Å². The van der Waals surface area contributed by atoms with E-state index in [0.717, 1.165) is 54.6 Å². The van der Waals surface area contributed by atoms with Gasteiger partial charge in [-0.1, -0.05) is 58.9 Å². The summed E-state index contributed by atoms with van der Waals surface area (Å²) in [4.78, 5) is 32.9. The molecule has 260 valence electrons. The van der Waals surface area contributed by atoms with Crippen LogP contribution in [0.2, 0.25) is 0 Å². The standard InChI is InChI=1S/C18H21NO4.C16H28N4O2.C2H6/c1-19(10-11-22-2)13-15-6-3-4-9-17(15)23-16-8-5-7-14(12-16)18(20)21;1-7-17-8-12(4)9-18-15(11(2)3)20-10-19(6)14(13(20)5)16(21)22;1-2/h3-9,12H,10-11,13H2,1-2H3,(H,20,21);9,11,17H,7-8,10H2,1-6H3,(H,21,22);1-2H3/b;12-9+,18-15?;. The highest BCUT2D eigenvalue weighted by Gasteiger charge is 2.31. The lowest BCUT2D eigenvalue weighted by Gasteiger charge is -2.25. The van der Waals surface area contributed by atoms with Gasteiger partial charge < -0.3 is 34.8 Å². The third kappa shape index (κ3) is 13.6. The molecule has 0 saturated carbocycles. The lowest BCUT2D eigenvalue weighted by atomic mass is 10.1. The predicted octanol–water partition coefficient (Wildman–Crippen LogP) is 6.36. The van der Waals surface area contributed by atoms with E-state index in [0.29, 0.717) is 24.7 Å². The van der Waals surface area contributed by atoms with Crippen LogP contribution in [0.15, 0.2) is 76.7 Å². The van der Waals surface area contributed by atoms with Crippen molar-refractivity contribution in [1.82, 2.24) is 20.0 Å². The van der Waals surface area contributed by atoms with Gasteiger partial charge in [0.1, 0.15) is 23.0 Å². The van der Waals surface area contributed by atoms with Crippen LogP contribution < -0.4 is 10.1 Å². The molecule has 2 aromatic rings. The van der Waals surface area contributed by atoms with E-state index in [9.17, 15) is 14.7 Å². The number of rotatable bonds is 14. The SMILES string of the molecule is CC.CCNC/C(C)=C/N=C(C(C)C)N1CN(C)C(C(=O)O)=C1C.COCCN(C)Cc1ccccc1Oc1cccc(C(=O)O)c1. The van der Waals surface area contributed by atoms with E-state index in [-0.39, 0.29) is 11.5 Å². The molecular weight excluding hydrogens is 598 g/mol. The number of aromatic carboxylic acids is 1. The highest BCUT2D eigenvalue weighted by atomic mass is 16.5. The Labute approximate surface area is 281 Å². The summed E-state index contributed by atoms with van der Waals surface area (Å²) in [6, 6.07) is 14.2. The number of hydrogen-bond acceptors (Lipinski definition) is 8. The molecule has 1 aliphatic heterocycles. The van der Waals surface area contributed by atoms with Gasteiger partial charge >= 0.3 is 11.9 Å². The molecule has 0 radical (unpaired) electrons. The Bertz CT molecular complexity index is 1370. The molecule has 1 aliphatic rings. The van der Waals surface area contributed by atoms with Gasteiger partial charge in [-0.05, 0) is 57.3 Å². The molecule has 3 N–H and O–H groups in total. The molecule has 0 aromatic heterocycles. The Balaban J connectivity index is 0.000000447. The second-order valence-electron chi connectivity index (χ2n) is 11.2. The molecule has 0 aliphatic carbocycles. The second-order valence-corrected chi connectivity index (χ2v) is 11.2. The minimum Gasteiger partial charge on any atom is -0.478 e. The Hall–Kier alpha value is -4.19. The van der Waals surface area contributed by atoms with Gasteiger partial charge in [0.2, 0.25) is 0 Å². The van der Waals surface area contributed by atoms with Crippen LogP contribution in [0.4, 0.5) is 0 Å². The number of carboxylic acids is 2. The smallest absolute Gasteiger partial charge is 0.354 e. The molecule has 47 heavy (non-hydrogen) atoms. The van der Waals surface area contributed by atoms with E-state index < -0.39 is 11.9 Å². The van der Waals surface area contributed by atoms with Crippen LogP contribution in [0.5, 0.6) is 11.5 Å². The Morgan fingerprint density at radius 2 is 1.79 bits per heavy atom. The lowest BCUT2D eigenvalue weighted by Crippen LogP contribution is -2.34. The van der Waals surface area contributed by atoms with Crippen LogP contribution in [-0.4, -0.2) is 96.8 Å². The molecule has 2 aromatic carbocycles. The third-order valence-electron chi connectivity index (χ3n) is 6.95. The number of methoxy groups -OCH3 is 1. The summed E-state index contributed by atoms with van der Waals surface area (Å²) in [6.07, 6.45) is 1.87. The number of nitrogens with one attached hydrogen (secondary N) is 1. The van der Waals surface area contributed by atoms with Gasteiger partial charge in [-0.25, -0.2) is 14.6 Å². The first kappa shape index (κ1) is 40.8. The first-order valence-electron chi connectivity index (χ1n) is 16.0. The minimum atomic E-state index is -0.969. The Morgan fingerprint density at radius 3 is 2.36 bits per heavy atom. The van der Waals surface area contributed by atoms with Crippen molar-refractivity contribution in [2.45, 2.75) is 55.0 Å². The highest BCUT2D eigenvalue weighted by molar-refractivity contribution is 5.92. The fourth-order valence-corrected chi connectivity index (χ4v) is 4.60. The maximum Gasteiger partial charge on any atom is 0.354 e. The number of carboxylic acid groups (broad SMARTS) is 2. The van der Waals surface area contributed by atoms with E-state index >= 15 is 0 Å². The van der Waals surface area contributed by atoms with Gasteiger partial charge in [0.15, 0.2) is 0 Å². The van der Waals surface area contributed by atoms with Crippen molar-refractivity contribution < 1.29 is 29.3 Å². The van der Waals surface area contributed by atoms with E-state index in [1.807, 2.05) is 70.1 Å². The predicted molar refractivity (Wildman–Crippen MR) is 189 cm³/mol. The lowest BCUT2D eigenvalue weighted by molar-refractivity contribution is -0.134. The highest BCUT2D eigenvalue weighted by Crippen LogP contribution is 2.27. The van der Waals surface area contributed by atoms with E-state index in [1.165, 1.54) is 6.07 Å². The zero-order chi connectivity index (χ0) is 35.5. The number of aliphatic carboxylic acids is 1. The average molecular weight is 654 g/mol. The molecule has 3 rings (SSSR count). The number of allylic oxidation sites excluding steroid dienone is 1. The summed E-state index contributed by atoms with van der Waals surface area (Å²) in [6.45, 7) is 18.5. The monoisotopic (exact) mass is 653 g/mol. The fraction of sp³-hybridized carbons (Fsp3) is 0.472. The quantitative estimate of drug-likeness (QED) is 0.157.